The highest BCUT2D eigenvalue weighted by Gasteiger charge is 2.63. The van der Waals surface area contributed by atoms with Crippen molar-refractivity contribution >= 4 is 22.7 Å². The van der Waals surface area contributed by atoms with Gasteiger partial charge in [-0.3, -0.25) is 0 Å². The van der Waals surface area contributed by atoms with E-state index in [2.05, 4.69) is 248 Å². The van der Waals surface area contributed by atoms with Gasteiger partial charge in [-0.2, -0.15) is 0 Å². The molecule has 8 unspecified atom stereocenters. The SMILES string of the molecule is CC1c2ccccc2-c2ccc(N(C3=CC=CC4C3c3ccccc3C43c4cc(N(c5ccc(-c6ccccc6)cc5)C5CC=CCC5)ccc4C4C=CC=CC43)c3ccccc3)cc2C1C. The number of rotatable bonds is 7. The number of fused-ring (bicyclic) bond motifs is 13. The molecular formula is C65H56N2. The molecule has 326 valence electrons. The molecule has 13 rings (SSSR count). The maximum Gasteiger partial charge on any atom is 0.0461 e. The van der Waals surface area contributed by atoms with Crippen molar-refractivity contribution in [2.75, 3.05) is 9.80 Å². The fourth-order valence-electron chi connectivity index (χ4n) is 13.6. The van der Waals surface area contributed by atoms with Gasteiger partial charge in [-0.15, -0.1) is 0 Å². The zero-order valence-corrected chi connectivity index (χ0v) is 38.4. The van der Waals surface area contributed by atoms with Crippen LogP contribution < -0.4 is 9.80 Å². The van der Waals surface area contributed by atoms with Crippen molar-refractivity contribution in [3.8, 4) is 22.3 Å². The van der Waals surface area contributed by atoms with E-state index < -0.39 is 0 Å². The Morgan fingerprint density at radius 2 is 1.15 bits per heavy atom. The van der Waals surface area contributed by atoms with E-state index in [4.69, 9.17) is 0 Å². The second-order valence-corrected chi connectivity index (χ2v) is 19.9. The fourth-order valence-corrected chi connectivity index (χ4v) is 13.6. The smallest absolute Gasteiger partial charge is 0.0461 e. The zero-order valence-electron chi connectivity index (χ0n) is 38.4. The van der Waals surface area contributed by atoms with E-state index in [0.29, 0.717) is 17.9 Å². The minimum Gasteiger partial charge on any atom is -0.338 e. The van der Waals surface area contributed by atoms with E-state index in [1.54, 1.807) is 0 Å². The normalized spacial score (nSPS) is 25.6. The van der Waals surface area contributed by atoms with E-state index in [9.17, 15) is 0 Å². The molecule has 2 heteroatoms. The van der Waals surface area contributed by atoms with Crippen LogP contribution >= 0.6 is 0 Å². The fraction of sp³-hybridized carbons (Fsp3) is 0.200. The van der Waals surface area contributed by atoms with Gasteiger partial charge in [0, 0.05) is 63.6 Å². The standard InChI is InChI=1S/C65H56N2/c1-43-44(2)58-41-50(37-39-54(58)53-26-13-12-25-52(43)53)67(48-23-10-5-11-24-48)63-32-18-31-61-64(63)57-28-15-17-30-60(57)65(61)59-29-16-14-27-55(59)56-40-38-51(42-62(56)65)66(47-21-8-4-9-22-47)49-35-33-46(34-36-49)45-19-6-3-7-20-45/h3-8,10-20,23-44,47,55,59,61,64H,9,21-22H2,1-2H3. The minimum absolute atomic E-state index is 0.134. The molecule has 67 heavy (non-hydrogen) atoms. The molecule has 7 aromatic rings. The number of benzene rings is 7. The molecule has 0 saturated heterocycles. The first kappa shape index (κ1) is 40.1. The summed E-state index contributed by atoms with van der Waals surface area (Å²) in [5.41, 5.74) is 20.0. The van der Waals surface area contributed by atoms with E-state index >= 15 is 0 Å². The molecule has 1 spiro atoms. The molecule has 8 atom stereocenters. The van der Waals surface area contributed by atoms with Gasteiger partial charge in [-0.05, 0) is 141 Å². The molecule has 0 aliphatic heterocycles. The quantitative estimate of drug-likeness (QED) is 0.147. The second kappa shape index (κ2) is 16.0. The summed E-state index contributed by atoms with van der Waals surface area (Å²) in [5, 5.41) is 0. The van der Waals surface area contributed by atoms with Crippen LogP contribution in [0, 0.1) is 11.8 Å². The van der Waals surface area contributed by atoms with Gasteiger partial charge in [0.1, 0.15) is 0 Å². The summed E-state index contributed by atoms with van der Waals surface area (Å²) in [7, 11) is 0. The number of para-hydroxylation sites is 1. The van der Waals surface area contributed by atoms with E-state index in [1.165, 1.54) is 84.1 Å². The summed E-state index contributed by atoms with van der Waals surface area (Å²) < 4.78 is 0. The van der Waals surface area contributed by atoms with Crippen molar-refractivity contribution in [2.45, 2.75) is 68.2 Å². The molecule has 7 aromatic carbocycles. The number of allylic oxidation sites excluding steroid dienone is 9. The van der Waals surface area contributed by atoms with Crippen LogP contribution in [-0.4, -0.2) is 6.04 Å². The van der Waals surface area contributed by atoms with Gasteiger partial charge in [-0.25, -0.2) is 0 Å². The van der Waals surface area contributed by atoms with Crippen LogP contribution in [-0.2, 0) is 5.41 Å². The Bertz CT molecular complexity index is 3190. The first-order valence-corrected chi connectivity index (χ1v) is 24.7. The third kappa shape index (κ3) is 6.15. The van der Waals surface area contributed by atoms with Gasteiger partial charge in [-0.1, -0.05) is 184 Å². The lowest BCUT2D eigenvalue weighted by Gasteiger charge is -2.43. The number of hydrogen-bond acceptors (Lipinski definition) is 2. The minimum atomic E-state index is -0.282. The Morgan fingerprint density at radius 1 is 0.478 bits per heavy atom. The van der Waals surface area contributed by atoms with Crippen molar-refractivity contribution in [3.63, 3.8) is 0 Å². The Hall–Kier alpha value is -7.16. The Morgan fingerprint density at radius 3 is 1.97 bits per heavy atom. The average molecular weight is 865 g/mol. The van der Waals surface area contributed by atoms with Gasteiger partial charge in [0.2, 0.25) is 0 Å². The Balaban J connectivity index is 0.971. The molecule has 0 saturated carbocycles. The third-order valence-corrected chi connectivity index (χ3v) is 16.7. The summed E-state index contributed by atoms with van der Waals surface area (Å²) in [6.07, 6.45) is 25.1. The third-order valence-electron chi connectivity index (χ3n) is 16.7. The molecule has 0 aromatic heterocycles. The lowest BCUT2D eigenvalue weighted by Crippen LogP contribution is -2.40. The molecule has 0 amide bonds. The van der Waals surface area contributed by atoms with Crippen LogP contribution in [0.15, 0.2) is 230 Å². The van der Waals surface area contributed by atoms with Crippen molar-refractivity contribution in [3.05, 3.63) is 264 Å². The number of nitrogens with zero attached hydrogens (tertiary/aromatic N) is 2. The highest BCUT2D eigenvalue weighted by Crippen LogP contribution is 2.69. The largest absolute Gasteiger partial charge is 0.338 e. The maximum absolute atomic E-state index is 2.67. The summed E-state index contributed by atoms with van der Waals surface area (Å²) in [5.74, 6) is 1.71. The zero-order chi connectivity index (χ0) is 44.6. The highest BCUT2D eigenvalue weighted by molar-refractivity contribution is 5.81. The van der Waals surface area contributed by atoms with Gasteiger partial charge < -0.3 is 9.80 Å². The molecule has 2 nitrogen and oxygen atoms in total. The van der Waals surface area contributed by atoms with Crippen LogP contribution in [0.2, 0.25) is 0 Å². The summed E-state index contributed by atoms with van der Waals surface area (Å²) in [4.78, 5) is 5.28. The maximum atomic E-state index is 2.67. The van der Waals surface area contributed by atoms with E-state index in [1.807, 2.05) is 0 Å². The van der Waals surface area contributed by atoms with Gasteiger partial charge in [0.25, 0.3) is 0 Å². The van der Waals surface area contributed by atoms with Crippen molar-refractivity contribution in [1.82, 2.24) is 0 Å². The Kier molecular flexibility index (Phi) is 9.60. The van der Waals surface area contributed by atoms with Crippen LogP contribution in [0.25, 0.3) is 22.3 Å². The van der Waals surface area contributed by atoms with E-state index in [-0.39, 0.29) is 29.1 Å². The van der Waals surface area contributed by atoms with Crippen LogP contribution in [0.4, 0.5) is 22.7 Å². The van der Waals surface area contributed by atoms with Crippen LogP contribution in [0.5, 0.6) is 0 Å². The van der Waals surface area contributed by atoms with Crippen LogP contribution in [0.3, 0.4) is 0 Å². The first-order valence-electron chi connectivity index (χ1n) is 24.7. The molecule has 0 heterocycles. The molecular weight excluding hydrogens is 809 g/mol. The number of anilines is 4. The first-order chi connectivity index (χ1) is 33.1. The van der Waals surface area contributed by atoms with Gasteiger partial charge in [0.15, 0.2) is 0 Å². The predicted molar refractivity (Wildman–Crippen MR) is 280 cm³/mol. The van der Waals surface area contributed by atoms with Crippen LogP contribution in [0.1, 0.15) is 90.2 Å². The summed E-state index contributed by atoms with van der Waals surface area (Å²) in [6, 6.07) is 65.1. The average Bonchev–Trinajstić information content (AvgIpc) is 3.87. The van der Waals surface area contributed by atoms with Gasteiger partial charge >= 0.3 is 0 Å². The lowest BCUT2D eigenvalue weighted by atomic mass is 9.61. The van der Waals surface area contributed by atoms with Crippen molar-refractivity contribution < 1.29 is 0 Å². The summed E-state index contributed by atoms with van der Waals surface area (Å²) in [6.45, 7) is 4.83. The van der Waals surface area contributed by atoms with Crippen molar-refractivity contribution in [1.29, 1.82) is 0 Å². The van der Waals surface area contributed by atoms with E-state index in [0.717, 1.165) is 19.3 Å². The highest BCUT2D eigenvalue weighted by atomic mass is 15.2. The Labute approximate surface area is 396 Å². The summed E-state index contributed by atoms with van der Waals surface area (Å²) >= 11 is 0. The molecule has 0 radical (unpaired) electrons. The monoisotopic (exact) mass is 864 g/mol. The molecule has 0 fully saturated rings. The predicted octanol–water partition coefficient (Wildman–Crippen LogP) is 16.6. The molecule has 6 aliphatic carbocycles. The number of hydrogen-bond donors (Lipinski definition) is 0. The molecule has 0 N–H and O–H groups in total. The lowest BCUT2D eigenvalue weighted by molar-refractivity contribution is 0.307. The van der Waals surface area contributed by atoms with Gasteiger partial charge in [0.05, 0.1) is 0 Å². The van der Waals surface area contributed by atoms with Crippen molar-refractivity contribution in [2.24, 2.45) is 11.8 Å². The second-order valence-electron chi connectivity index (χ2n) is 19.9. The topological polar surface area (TPSA) is 6.48 Å². The molecule has 0 bridgehead atoms. The molecule has 6 aliphatic rings.